The van der Waals surface area contributed by atoms with Gasteiger partial charge in [-0.2, -0.15) is 0 Å². The molecule has 2 aliphatic rings. The first kappa shape index (κ1) is 20.5. The summed E-state index contributed by atoms with van der Waals surface area (Å²) >= 11 is 0. The summed E-state index contributed by atoms with van der Waals surface area (Å²) in [6.07, 6.45) is 14.4. The van der Waals surface area contributed by atoms with Crippen LogP contribution in [0.15, 0.2) is 24.3 Å². The van der Waals surface area contributed by atoms with E-state index in [0.29, 0.717) is 12.5 Å². The standard InChI is InChI=1S/C24H34F2O/c1-3-5-17-6-8-18(9-7-17)19-10-12-20(13-11-19)21-14-23(25)22(16-27-4-2)24(26)15-21/h3,5,14-15,17-20H,4,6-13,16H2,1-2H3/b5-3+. The van der Waals surface area contributed by atoms with Crippen molar-refractivity contribution in [3.8, 4) is 0 Å². The Hall–Kier alpha value is -1.22. The van der Waals surface area contributed by atoms with E-state index < -0.39 is 11.6 Å². The fourth-order valence-corrected chi connectivity index (χ4v) is 5.21. The average Bonchev–Trinajstić information content (AvgIpc) is 2.68. The van der Waals surface area contributed by atoms with Crippen molar-refractivity contribution in [1.29, 1.82) is 0 Å². The fraction of sp³-hybridized carbons (Fsp3) is 0.667. The maximum absolute atomic E-state index is 14.3. The molecule has 0 spiro atoms. The monoisotopic (exact) mass is 376 g/mol. The summed E-state index contributed by atoms with van der Waals surface area (Å²) in [5.74, 6) is 1.83. The molecular weight excluding hydrogens is 342 g/mol. The lowest BCUT2D eigenvalue weighted by molar-refractivity contribution is 0.128. The van der Waals surface area contributed by atoms with Crippen LogP contribution in [0.2, 0.25) is 0 Å². The predicted octanol–water partition coefficient (Wildman–Crippen LogP) is 7.16. The fourth-order valence-electron chi connectivity index (χ4n) is 5.21. The molecule has 2 saturated carbocycles. The Kier molecular flexibility index (Phi) is 7.46. The molecule has 2 aliphatic carbocycles. The largest absolute Gasteiger partial charge is 0.377 e. The Morgan fingerprint density at radius 2 is 1.48 bits per heavy atom. The first-order valence-electron chi connectivity index (χ1n) is 10.8. The highest BCUT2D eigenvalue weighted by Crippen LogP contribution is 2.44. The number of rotatable bonds is 6. The highest BCUT2D eigenvalue weighted by Gasteiger charge is 2.31. The Bertz CT molecular complexity index is 600. The number of allylic oxidation sites excluding steroid dienone is 2. The Balaban J connectivity index is 1.55. The van der Waals surface area contributed by atoms with Crippen molar-refractivity contribution in [2.75, 3.05) is 6.61 Å². The van der Waals surface area contributed by atoms with E-state index >= 15 is 0 Å². The summed E-state index contributed by atoms with van der Waals surface area (Å²) in [4.78, 5) is 0. The summed E-state index contributed by atoms with van der Waals surface area (Å²) in [5, 5.41) is 0. The van der Waals surface area contributed by atoms with Crippen LogP contribution in [0.3, 0.4) is 0 Å². The van der Waals surface area contributed by atoms with Gasteiger partial charge in [-0.1, -0.05) is 12.2 Å². The van der Waals surface area contributed by atoms with E-state index in [-0.39, 0.29) is 12.2 Å². The molecular formula is C24H34F2O. The van der Waals surface area contributed by atoms with Gasteiger partial charge >= 0.3 is 0 Å². The molecule has 0 N–H and O–H groups in total. The molecule has 3 heteroatoms. The SMILES string of the molecule is C/C=C/C1CCC(C2CCC(c3cc(F)c(COCC)c(F)c3)CC2)CC1. The van der Waals surface area contributed by atoms with Gasteiger partial charge in [0.15, 0.2) is 0 Å². The summed E-state index contributed by atoms with van der Waals surface area (Å²) in [7, 11) is 0. The van der Waals surface area contributed by atoms with E-state index in [4.69, 9.17) is 4.74 Å². The number of hydrogen-bond donors (Lipinski definition) is 0. The topological polar surface area (TPSA) is 9.23 Å². The summed E-state index contributed by atoms with van der Waals surface area (Å²) in [6, 6.07) is 3.09. The quantitative estimate of drug-likeness (QED) is 0.479. The Morgan fingerprint density at radius 1 is 0.926 bits per heavy atom. The maximum atomic E-state index is 14.3. The van der Waals surface area contributed by atoms with Crippen molar-refractivity contribution in [2.45, 2.75) is 77.7 Å². The van der Waals surface area contributed by atoms with Gasteiger partial charge in [0.05, 0.1) is 6.61 Å². The van der Waals surface area contributed by atoms with Gasteiger partial charge in [-0.05, 0) is 107 Å². The molecule has 3 rings (SSSR count). The van der Waals surface area contributed by atoms with E-state index in [1.54, 1.807) is 12.1 Å². The predicted molar refractivity (Wildman–Crippen MR) is 107 cm³/mol. The minimum Gasteiger partial charge on any atom is -0.377 e. The van der Waals surface area contributed by atoms with Gasteiger partial charge in [-0.15, -0.1) is 0 Å². The van der Waals surface area contributed by atoms with Crippen LogP contribution in [0.5, 0.6) is 0 Å². The molecule has 2 fully saturated rings. The second kappa shape index (κ2) is 9.82. The number of hydrogen-bond acceptors (Lipinski definition) is 1. The summed E-state index contributed by atoms with van der Waals surface area (Å²) < 4.78 is 33.8. The zero-order chi connectivity index (χ0) is 19.2. The van der Waals surface area contributed by atoms with Crippen molar-refractivity contribution < 1.29 is 13.5 Å². The molecule has 0 aliphatic heterocycles. The van der Waals surface area contributed by atoms with E-state index in [1.165, 1.54) is 38.5 Å². The van der Waals surface area contributed by atoms with Gasteiger partial charge in [0.1, 0.15) is 11.6 Å². The van der Waals surface area contributed by atoms with E-state index in [2.05, 4.69) is 19.1 Å². The first-order valence-corrected chi connectivity index (χ1v) is 10.8. The third kappa shape index (κ3) is 5.19. The lowest BCUT2D eigenvalue weighted by Gasteiger charge is -2.37. The van der Waals surface area contributed by atoms with Crippen LogP contribution in [0.4, 0.5) is 8.78 Å². The van der Waals surface area contributed by atoms with Crippen LogP contribution >= 0.6 is 0 Å². The molecule has 0 heterocycles. The molecule has 27 heavy (non-hydrogen) atoms. The van der Waals surface area contributed by atoms with Gasteiger partial charge in [-0.3, -0.25) is 0 Å². The van der Waals surface area contributed by atoms with Crippen LogP contribution in [0.25, 0.3) is 0 Å². The molecule has 0 unspecified atom stereocenters. The molecule has 1 aromatic carbocycles. The first-order chi connectivity index (χ1) is 13.1. The highest BCUT2D eigenvalue weighted by molar-refractivity contribution is 5.28. The molecule has 0 bridgehead atoms. The second-order valence-corrected chi connectivity index (χ2v) is 8.41. The summed E-state index contributed by atoms with van der Waals surface area (Å²) in [5.41, 5.74) is 0.896. The summed E-state index contributed by atoms with van der Waals surface area (Å²) in [6.45, 7) is 4.41. The minimum absolute atomic E-state index is 0.0110. The zero-order valence-corrected chi connectivity index (χ0v) is 16.9. The number of benzene rings is 1. The number of ether oxygens (including phenoxy) is 1. The van der Waals surface area contributed by atoms with E-state index in [1.807, 2.05) is 6.92 Å². The van der Waals surface area contributed by atoms with Crippen LogP contribution in [0, 0.1) is 29.4 Å². The van der Waals surface area contributed by atoms with Crippen LogP contribution in [0.1, 0.15) is 82.3 Å². The maximum Gasteiger partial charge on any atom is 0.131 e. The molecule has 150 valence electrons. The molecule has 0 saturated heterocycles. The molecule has 1 aromatic rings. The zero-order valence-electron chi connectivity index (χ0n) is 16.9. The smallest absolute Gasteiger partial charge is 0.131 e. The molecule has 1 nitrogen and oxygen atoms in total. The third-order valence-corrected chi connectivity index (χ3v) is 6.80. The van der Waals surface area contributed by atoms with Crippen molar-refractivity contribution >= 4 is 0 Å². The van der Waals surface area contributed by atoms with Crippen molar-refractivity contribution in [2.24, 2.45) is 17.8 Å². The van der Waals surface area contributed by atoms with Crippen molar-refractivity contribution in [1.82, 2.24) is 0 Å². The van der Waals surface area contributed by atoms with Gasteiger partial charge in [-0.25, -0.2) is 8.78 Å². The van der Waals surface area contributed by atoms with E-state index in [9.17, 15) is 8.78 Å². The van der Waals surface area contributed by atoms with Gasteiger partial charge in [0, 0.05) is 12.2 Å². The Morgan fingerprint density at radius 3 is 2.00 bits per heavy atom. The number of halogens is 2. The van der Waals surface area contributed by atoms with Crippen LogP contribution < -0.4 is 0 Å². The van der Waals surface area contributed by atoms with Crippen molar-refractivity contribution in [3.63, 3.8) is 0 Å². The van der Waals surface area contributed by atoms with Crippen LogP contribution in [-0.2, 0) is 11.3 Å². The lowest BCUT2D eigenvalue weighted by atomic mass is 9.68. The lowest BCUT2D eigenvalue weighted by Crippen LogP contribution is -2.25. The average molecular weight is 377 g/mol. The highest BCUT2D eigenvalue weighted by atomic mass is 19.1. The van der Waals surface area contributed by atoms with Crippen LogP contribution in [-0.4, -0.2) is 6.61 Å². The Labute approximate surface area is 163 Å². The minimum atomic E-state index is -0.456. The normalized spacial score (nSPS) is 29.3. The molecule has 0 aromatic heterocycles. The molecule has 0 amide bonds. The van der Waals surface area contributed by atoms with Gasteiger partial charge in [0.2, 0.25) is 0 Å². The molecule has 0 atom stereocenters. The van der Waals surface area contributed by atoms with Gasteiger partial charge in [0.25, 0.3) is 0 Å². The molecule has 0 radical (unpaired) electrons. The van der Waals surface area contributed by atoms with Crippen molar-refractivity contribution in [3.05, 3.63) is 47.0 Å². The second-order valence-electron chi connectivity index (χ2n) is 8.41. The third-order valence-electron chi connectivity index (χ3n) is 6.80. The van der Waals surface area contributed by atoms with Gasteiger partial charge < -0.3 is 4.74 Å². The van der Waals surface area contributed by atoms with E-state index in [0.717, 1.165) is 36.2 Å².